The molecular formula is C55H100N6O4+2. The lowest BCUT2D eigenvalue weighted by molar-refractivity contribution is -0.927. The van der Waals surface area contributed by atoms with E-state index < -0.39 is 0 Å². The molecule has 0 N–H and O–H groups in total. The van der Waals surface area contributed by atoms with E-state index in [0.29, 0.717) is 48.7 Å². The fraction of sp³-hybridized carbons (Fsp3) is 0.855. The van der Waals surface area contributed by atoms with Crippen LogP contribution in [0.15, 0.2) is 19.2 Å². The minimum Gasteiger partial charge on any atom is -0.324 e. The molecule has 0 radical (unpaired) electrons. The van der Waals surface area contributed by atoms with Crippen molar-refractivity contribution in [2.24, 2.45) is 0 Å². The number of nitrogens with zero attached hydrogens (tertiary/aromatic N) is 6. The lowest BCUT2D eigenvalue weighted by atomic mass is 10.0. The molecule has 6 bridgehead atoms. The molecule has 2 aromatic heterocycles. The maximum atomic E-state index is 14.6. The van der Waals surface area contributed by atoms with Crippen molar-refractivity contribution in [2.75, 3.05) is 52.4 Å². The van der Waals surface area contributed by atoms with Gasteiger partial charge in [0, 0.05) is 55.1 Å². The summed E-state index contributed by atoms with van der Waals surface area (Å²) in [6, 6.07) is 0. The van der Waals surface area contributed by atoms with E-state index in [9.17, 15) is 19.2 Å². The smallest absolute Gasteiger partial charge is 0.324 e. The predicted octanol–water partition coefficient (Wildman–Crippen LogP) is 11.2. The highest BCUT2D eigenvalue weighted by Crippen LogP contribution is 2.21. The molecule has 2 aliphatic rings. The summed E-state index contributed by atoms with van der Waals surface area (Å²) in [6.07, 6.45) is 33.2. The summed E-state index contributed by atoms with van der Waals surface area (Å²) in [7, 11) is 0. The van der Waals surface area contributed by atoms with E-state index in [1.54, 1.807) is 0 Å². The van der Waals surface area contributed by atoms with Gasteiger partial charge >= 0.3 is 11.4 Å². The average Bonchev–Trinajstić information content (AvgIpc) is 3.30. The zero-order chi connectivity index (χ0) is 46.9. The summed E-state index contributed by atoms with van der Waals surface area (Å²) in [4.78, 5) is 58.0. The van der Waals surface area contributed by atoms with Gasteiger partial charge in [0.05, 0.1) is 52.4 Å². The predicted molar refractivity (Wildman–Crippen MR) is 274 cm³/mol. The summed E-state index contributed by atoms with van der Waals surface area (Å²) in [6.45, 7) is 24.3. The van der Waals surface area contributed by atoms with Crippen LogP contribution in [0.5, 0.6) is 0 Å². The third-order valence-electron chi connectivity index (χ3n) is 16.3. The van der Waals surface area contributed by atoms with Crippen LogP contribution in [0.4, 0.5) is 0 Å². The lowest BCUT2D eigenvalue weighted by Crippen LogP contribution is -2.50. The Morgan fingerprint density at radius 1 is 0.369 bits per heavy atom. The van der Waals surface area contributed by atoms with Crippen molar-refractivity contribution in [3.8, 4) is 0 Å². The zero-order valence-electron chi connectivity index (χ0n) is 43.3. The Hall–Kier alpha value is -2.72. The molecule has 2 unspecified atom stereocenters. The summed E-state index contributed by atoms with van der Waals surface area (Å²) in [5.41, 5.74) is 1.47. The minimum absolute atomic E-state index is 0.139. The first kappa shape index (κ1) is 54.9. The Kier molecular flexibility index (Phi) is 25.3. The Morgan fingerprint density at radius 2 is 0.662 bits per heavy atom. The molecule has 0 saturated carbocycles. The van der Waals surface area contributed by atoms with Crippen molar-refractivity contribution in [1.82, 2.24) is 18.3 Å². The van der Waals surface area contributed by atoms with Crippen molar-refractivity contribution < 1.29 is 8.97 Å². The van der Waals surface area contributed by atoms with Gasteiger partial charge in [-0.1, -0.05) is 90.9 Å². The van der Waals surface area contributed by atoms with E-state index in [0.717, 1.165) is 125 Å². The highest BCUT2D eigenvalue weighted by molar-refractivity contribution is 5.29. The highest BCUT2D eigenvalue weighted by Gasteiger charge is 2.27. The fourth-order valence-electron chi connectivity index (χ4n) is 11.6. The van der Waals surface area contributed by atoms with Gasteiger partial charge in [0.1, 0.15) is 0 Å². The molecule has 10 heteroatoms. The molecule has 0 aliphatic carbocycles. The van der Waals surface area contributed by atoms with Crippen molar-refractivity contribution in [2.45, 2.75) is 254 Å². The fourth-order valence-corrected chi connectivity index (χ4v) is 11.6. The number of quaternary nitrogens is 2. The molecule has 0 spiro atoms. The lowest BCUT2D eigenvalue weighted by Gasteiger charge is -2.38. The second-order valence-electron chi connectivity index (χ2n) is 20.9. The first-order valence-electron chi connectivity index (χ1n) is 27.9. The monoisotopic (exact) mass is 909 g/mol. The Morgan fingerprint density at radius 3 is 0.969 bits per heavy atom. The number of hydrogen-bond acceptors (Lipinski definition) is 4. The van der Waals surface area contributed by atoms with E-state index in [-0.39, 0.29) is 28.9 Å². The third kappa shape index (κ3) is 16.8. The zero-order valence-corrected chi connectivity index (χ0v) is 43.3. The van der Waals surface area contributed by atoms with Crippen molar-refractivity contribution in [1.29, 1.82) is 0 Å². The van der Waals surface area contributed by atoms with E-state index in [4.69, 9.17) is 0 Å². The van der Waals surface area contributed by atoms with Crippen LogP contribution in [-0.4, -0.2) is 79.6 Å². The van der Waals surface area contributed by atoms with Crippen molar-refractivity contribution in [3.63, 3.8) is 0 Å². The van der Waals surface area contributed by atoms with Crippen LogP contribution in [0.2, 0.25) is 0 Å². The topological polar surface area (TPSA) is 88.0 Å². The third-order valence-corrected chi connectivity index (χ3v) is 16.3. The average molecular weight is 909 g/mol. The SMILES string of the molecule is CCCCCCCCCC[N+]1(CC)CCCCCn2c(C)c3c(=O)n(c2=O)CCCCC[N+](CC)(CCCCCCCCCC)CCCCCn2c(C)c(c(=O)n(c2=O)CCCCC1)C3. The normalized spacial score (nSPS) is 21.1. The first-order valence-corrected chi connectivity index (χ1v) is 27.9. The van der Waals surface area contributed by atoms with Gasteiger partial charge in [-0.2, -0.15) is 0 Å². The molecule has 2 aliphatic heterocycles. The van der Waals surface area contributed by atoms with E-state index in [1.807, 2.05) is 23.0 Å². The molecule has 0 saturated heterocycles. The maximum Gasteiger partial charge on any atom is 0.331 e. The maximum absolute atomic E-state index is 14.6. The Balaban J connectivity index is 1.65. The van der Waals surface area contributed by atoms with Crippen LogP contribution in [0.1, 0.15) is 230 Å². The van der Waals surface area contributed by atoms with Crippen LogP contribution in [0.25, 0.3) is 0 Å². The Bertz CT molecular complexity index is 1770. The van der Waals surface area contributed by atoms with Gasteiger partial charge in [0.25, 0.3) is 11.1 Å². The number of hydrogen-bond donors (Lipinski definition) is 0. The molecule has 10 nitrogen and oxygen atoms in total. The molecule has 65 heavy (non-hydrogen) atoms. The number of rotatable bonds is 20. The summed E-state index contributed by atoms with van der Waals surface area (Å²) < 4.78 is 8.96. The second kappa shape index (κ2) is 29.9. The molecule has 0 amide bonds. The van der Waals surface area contributed by atoms with Crippen molar-refractivity contribution in [3.05, 3.63) is 64.2 Å². The van der Waals surface area contributed by atoms with Gasteiger partial charge in [-0.05, 0) is 130 Å². The Labute approximate surface area is 396 Å². The van der Waals surface area contributed by atoms with Gasteiger partial charge < -0.3 is 8.97 Å². The summed E-state index contributed by atoms with van der Waals surface area (Å²) in [5.74, 6) is 0. The van der Waals surface area contributed by atoms with Gasteiger partial charge in [-0.3, -0.25) is 27.9 Å². The van der Waals surface area contributed by atoms with Crippen molar-refractivity contribution >= 4 is 0 Å². The van der Waals surface area contributed by atoms with Crippen LogP contribution >= 0.6 is 0 Å². The molecule has 4 rings (SSSR count). The minimum atomic E-state index is -0.262. The molecule has 2 atom stereocenters. The first-order chi connectivity index (χ1) is 31.6. The number of fused-ring (bicyclic) bond motifs is 4. The van der Waals surface area contributed by atoms with Crippen LogP contribution in [0, 0.1) is 13.8 Å². The van der Waals surface area contributed by atoms with E-state index in [1.165, 1.54) is 125 Å². The van der Waals surface area contributed by atoms with Crippen LogP contribution in [-0.2, 0) is 32.6 Å². The molecule has 4 heterocycles. The summed E-state index contributed by atoms with van der Waals surface area (Å²) in [5, 5.41) is 0. The van der Waals surface area contributed by atoms with Gasteiger partial charge in [0.2, 0.25) is 0 Å². The molecule has 372 valence electrons. The van der Waals surface area contributed by atoms with Crippen LogP contribution in [0.3, 0.4) is 0 Å². The summed E-state index contributed by atoms with van der Waals surface area (Å²) >= 11 is 0. The molecule has 2 aromatic rings. The standard InChI is InChI=1S/C55H100N6O4/c1-7-11-13-15-17-19-21-31-41-60(9-3)43-33-23-27-37-56-48(5)50-47-51-49(6)57(55(65)58(52(51)62)39-29-25-35-45-60)38-28-24-34-44-61(10-4,42-32-22-20-18-16-14-12-8-2)46-36-26-30-40-59(53(50)63)54(56)64/h7-47H2,1-6H3/q+2. The largest absolute Gasteiger partial charge is 0.331 e. The van der Waals surface area contributed by atoms with Gasteiger partial charge in [-0.15, -0.1) is 0 Å². The molecular weight excluding hydrogens is 809 g/mol. The van der Waals surface area contributed by atoms with Gasteiger partial charge in [0.15, 0.2) is 0 Å². The van der Waals surface area contributed by atoms with E-state index >= 15 is 0 Å². The van der Waals surface area contributed by atoms with Crippen LogP contribution < -0.4 is 22.5 Å². The van der Waals surface area contributed by atoms with Gasteiger partial charge in [-0.25, -0.2) is 9.59 Å². The number of unbranched alkanes of at least 4 members (excludes halogenated alkanes) is 14. The molecule has 0 aromatic carbocycles. The number of aromatic nitrogens is 4. The quantitative estimate of drug-likeness (QED) is 0.0978. The second-order valence-corrected chi connectivity index (χ2v) is 20.9. The highest BCUT2D eigenvalue weighted by atomic mass is 16.2. The molecule has 0 fully saturated rings. The van der Waals surface area contributed by atoms with E-state index in [2.05, 4.69) is 27.7 Å².